The van der Waals surface area contributed by atoms with Crippen LogP contribution < -0.4 is 4.90 Å². The zero-order chi connectivity index (χ0) is 18.1. The second-order valence-corrected chi connectivity index (χ2v) is 10.1. The lowest BCUT2D eigenvalue weighted by atomic mass is 9.92. The van der Waals surface area contributed by atoms with Crippen LogP contribution in [0.1, 0.15) is 26.7 Å². The van der Waals surface area contributed by atoms with Gasteiger partial charge < -0.3 is 4.90 Å². The standard InChI is InChI=1S/C18H21IN2O2S2/c1-11-7-12(2)10-20(9-11)18(24)25-15-8-16(22)21(17(15)23)14-5-3-13(19)4-6-14/h3-6,11-12,15H,7-10H2,1-2H3/t11-,12+,15-/m1/s1. The van der Waals surface area contributed by atoms with Gasteiger partial charge in [0, 0.05) is 23.1 Å². The monoisotopic (exact) mass is 488 g/mol. The zero-order valence-electron chi connectivity index (χ0n) is 14.3. The average molecular weight is 488 g/mol. The second-order valence-electron chi connectivity index (χ2n) is 6.97. The molecule has 0 saturated carbocycles. The van der Waals surface area contributed by atoms with Crippen molar-refractivity contribution in [1.29, 1.82) is 0 Å². The molecule has 0 unspecified atom stereocenters. The highest BCUT2D eigenvalue weighted by atomic mass is 127. The number of imide groups is 1. The van der Waals surface area contributed by atoms with Gasteiger partial charge in [0.25, 0.3) is 0 Å². The van der Waals surface area contributed by atoms with Crippen LogP contribution in [-0.2, 0) is 9.59 Å². The lowest BCUT2D eigenvalue weighted by Gasteiger charge is -2.36. The number of piperidine rings is 1. The third kappa shape index (κ3) is 4.36. The normalized spacial score (nSPS) is 27.1. The first kappa shape index (κ1) is 19.1. The molecule has 2 aliphatic heterocycles. The summed E-state index contributed by atoms with van der Waals surface area (Å²) in [5, 5.41) is -0.410. The summed E-state index contributed by atoms with van der Waals surface area (Å²) in [5.74, 6) is 0.904. The highest BCUT2D eigenvalue weighted by Crippen LogP contribution is 2.33. The molecule has 1 aromatic rings. The van der Waals surface area contributed by atoms with Gasteiger partial charge in [-0.1, -0.05) is 37.8 Å². The van der Waals surface area contributed by atoms with Crippen molar-refractivity contribution >= 4 is 68.4 Å². The predicted octanol–water partition coefficient (Wildman–Crippen LogP) is 3.92. The Balaban J connectivity index is 1.68. The van der Waals surface area contributed by atoms with E-state index in [9.17, 15) is 9.59 Å². The second kappa shape index (κ2) is 7.92. The van der Waals surface area contributed by atoms with Crippen LogP contribution >= 0.6 is 46.6 Å². The number of hydrogen-bond acceptors (Lipinski definition) is 4. The fraction of sp³-hybridized carbons (Fsp3) is 0.500. The Bertz CT molecular complexity index is 685. The summed E-state index contributed by atoms with van der Waals surface area (Å²) in [6.45, 7) is 6.34. The lowest BCUT2D eigenvalue weighted by molar-refractivity contribution is -0.121. The maximum Gasteiger partial charge on any atom is 0.247 e. The maximum absolute atomic E-state index is 12.8. The Labute approximate surface area is 171 Å². The van der Waals surface area contributed by atoms with Crippen LogP contribution in [0.5, 0.6) is 0 Å². The van der Waals surface area contributed by atoms with Crippen LogP contribution in [0.15, 0.2) is 24.3 Å². The van der Waals surface area contributed by atoms with Crippen LogP contribution in [0.4, 0.5) is 5.69 Å². The van der Waals surface area contributed by atoms with Gasteiger partial charge in [-0.3, -0.25) is 9.59 Å². The van der Waals surface area contributed by atoms with Crippen molar-refractivity contribution in [2.24, 2.45) is 11.8 Å². The zero-order valence-corrected chi connectivity index (χ0v) is 18.1. The fourth-order valence-corrected chi connectivity index (χ4v) is 5.40. The van der Waals surface area contributed by atoms with E-state index >= 15 is 0 Å². The molecule has 2 heterocycles. The highest BCUT2D eigenvalue weighted by Gasteiger charge is 2.41. The predicted molar refractivity (Wildman–Crippen MR) is 115 cm³/mol. The van der Waals surface area contributed by atoms with Gasteiger partial charge in [-0.05, 0) is 65.1 Å². The summed E-state index contributed by atoms with van der Waals surface area (Å²) in [4.78, 5) is 28.6. The van der Waals surface area contributed by atoms with Gasteiger partial charge >= 0.3 is 0 Å². The number of carbonyl (C=O) groups excluding carboxylic acids is 2. The van der Waals surface area contributed by atoms with Crippen molar-refractivity contribution in [3.05, 3.63) is 27.8 Å². The van der Waals surface area contributed by atoms with Crippen LogP contribution in [0.25, 0.3) is 0 Å². The molecule has 0 aliphatic carbocycles. The molecule has 0 spiro atoms. The van der Waals surface area contributed by atoms with Crippen molar-refractivity contribution in [3.63, 3.8) is 0 Å². The largest absolute Gasteiger partial charge is 0.357 e. The summed E-state index contributed by atoms with van der Waals surface area (Å²) in [5.41, 5.74) is 0.643. The molecule has 2 saturated heterocycles. The number of halogens is 1. The Kier molecular flexibility index (Phi) is 6.05. The summed E-state index contributed by atoms with van der Waals surface area (Å²) >= 11 is 9.16. The first-order chi connectivity index (χ1) is 11.8. The number of likely N-dealkylation sites (tertiary alicyclic amines) is 1. The average Bonchev–Trinajstić information content (AvgIpc) is 2.81. The third-order valence-corrected chi connectivity index (χ3v) is 6.94. The summed E-state index contributed by atoms with van der Waals surface area (Å²) in [7, 11) is 0. The smallest absolute Gasteiger partial charge is 0.247 e. The third-order valence-electron chi connectivity index (χ3n) is 4.56. The number of anilines is 1. The molecule has 2 fully saturated rings. The molecule has 0 radical (unpaired) electrons. The SMILES string of the molecule is C[C@@H]1C[C@H](C)CN(C(=S)S[C@@H]2CC(=O)N(c3ccc(I)cc3)C2=O)C1. The van der Waals surface area contributed by atoms with Gasteiger partial charge in [-0.15, -0.1) is 0 Å². The molecule has 3 atom stereocenters. The Morgan fingerprint density at radius 2 is 1.76 bits per heavy atom. The highest BCUT2D eigenvalue weighted by molar-refractivity contribution is 14.1. The molecule has 134 valence electrons. The van der Waals surface area contributed by atoms with E-state index in [4.69, 9.17) is 12.2 Å². The van der Waals surface area contributed by atoms with Crippen LogP contribution in [0, 0.1) is 15.4 Å². The fourth-order valence-electron chi connectivity index (χ4n) is 3.57. The summed E-state index contributed by atoms with van der Waals surface area (Å²) in [6.07, 6.45) is 1.43. The summed E-state index contributed by atoms with van der Waals surface area (Å²) < 4.78 is 1.81. The van der Waals surface area contributed by atoms with E-state index in [2.05, 4.69) is 41.3 Å². The molecule has 7 heteroatoms. The van der Waals surface area contributed by atoms with Crippen LogP contribution in [0.3, 0.4) is 0 Å². The number of benzene rings is 1. The van der Waals surface area contributed by atoms with Gasteiger partial charge in [0.15, 0.2) is 0 Å². The van der Waals surface area contributed by atoms with Crippen molar-refractivity contribution < 1.29 is 9.59 Å². The number of thioether (sulfide) groups is 1. The number of rotatable bonds is 2. The Morgan fingerprint density at radius 1 is 1.16 bits per heavy atom. The van der Waals surface area contributed by atoms with Crippen molar-refractivity contribution in [3.8, 4) is 0 Å². The summed E-state index contributed by atoms with van der Waals surface area (Å²) in [6, 6.07) is 7.43. The van der Waals surface area contributed by atoms with Gasteiger partial charge in [0.1, 0.15) is 9.57 Å². The first-order valence-electron chi connectivity index (χ1n) is 8.43. The molecule has 1 aromatic carbocycles. The molecule has 25 heavy (non-hydrogen) atoms. The van der Waals surface area contributed by atoms with E-state index in [-0.39, 0.29) is 18.2 Å². The quantitative estimate of drug-likeness (QED) is 0.359. The van der Waals surface area contributed by atoms with Crippen molar-refractivity contribution in [2.45, 2.75) is 31.9 Å². The lowest BCUT2D eigenvalue weighted by Crippen LogP contribution is -2.41. The van der Waals surface area contributed by atoms with Gasteiger partial charge in [-0.25, -0.2) is 4.90 Å². The van der Waals surface area contributed by atoms with Gasteiger partial charge in [0.05, 0.1) is 5.69 Å². The minimum atomic E-state index is -0.410. The van der Waals surface area contributed by atoms with Crippen molar-refractivity contribution in [2.75, 3.05) is 18.0 Å². The maximum atomic E-state index is 12.8. The van der Waals surface area contributed by atoms with E-state index in [1.807, 2.05) is 24.3 Å². The number of carbonyl (C=O) groups is 2. The molecule has 0 aromatic heterocycles. The molecular weight excluding hydrogens is 467 g/mol. The van der Waals surface area contributed by atoms with Crippen molar-refractivity contribution in [1.82, 2.24) is 4.90 Å². The van der Waals surface area contributed by atoms with Gasteiger partial charge in [0.2, 0.25) is 11.8 Å². The molecule has 0 bridgehead atoms. The Morgan fingerprint density at radius 3 is 2.36 bits per heavy atom. The van der Waals surface area contributed by atoms with E-state index in [1.54, 1.807) is 0 Å². The minimum absolute atomic E-state index is 0.146. The molecule has 2 amide bonds. The molecular formula is C18H21IN2O2S2. The molecule has 4 nitrogen and oxygen atoms in total. The van der Waals surface area contributed by atoms with E-state index in [1.165, 1.54) is 23.1 Å². The van der Waals surface area contributed by atoms with Crippen LogP contribution in [0.2, 0.25) is 0 Å². The van der Waals surface area contributed by atoms with E-state index in [0.29, 0.717) is 17.5 Å². The first-order valence-corrected chi connectivity index (χ1v) is 10.8. The minimum Gasteiger partial charge on any atom is -0.357 e. The van der Waals surface area contributed by atoms with E-state index < -0.39 is 5.25 Å². The molecule has 3 rings (SSSR count). The molecule has 2 aliphatic rings. The number of nitrogens with zero attached hydrogens (tertiary/aromatic N) is 2. The molecule has 0 N–H and O–H groups in total. The number of thiocarbonyl (C=S) groups is 1. The van der Waals surface area contributed by atoms with Crippen LogP contribution in [-0.4, -0.2) is 39.4 Å². The Hall–Kier alpha value is -0.670. The van der Waals surface area contributed by atoms with Gasteiger partial charge in [-0.2, -0.15) is 0 Å². The number of amides is 2. The topological polar surface area (TPSA) is 40.6 Å². The number of hydrogen-bond donors (Lipinski definition) is 0. The van der Waals surface area contributed by atoms with E-state index in [0.717, 1.165) is 21.0 Å².